The van der Waals surface area contributed by atoms with E-state index in [2.05, 4.69) is 10.0 Å². The number of fused-ring (bicyclic) bond motifs is 1. The number of hydrogen-bond acceptors (Lipinski definition) is 7. The lowest BCUT2D eigenvalue weighted by atomic mass is 10.2. The highest BCUT2D eigenvalue weighted by Gasteiger charge is 2.27. The Bertz CT molecular complexity index is 1390. The zero-order chi connectivity index (χ0) is 25.0. The number of carbonyl (C=O) groups is 3. The molecule has 0 saturated heterocycles. The molecule has 1 aliphatic rings. The van der Waals surface area contributed by atoms with Crippen molar-refractivity contribution in [2.24, 2.45) is 0 Å². The van der Waals surface area contributed by atoms with Gasteiger partial charge in [-0.05, 0) is 54.6 Å². The molecule has 0 saturated carbocycles. The Morgan fingerprint density at radius 2 is 1.77 bits per heavy atom. The normalized spacial score (nSPS) is 12.8. The third-order valence-electron chi connectivity index (χ3n) is 5.12. The maximum atomic E-state index is 12.8. The van der Waals surface area contributed by atoms with Gasteiger partial charge in [-0.3, -0.25) is 19.2 Å². The predicted molar refractivity (Wildman–Crippen MR) is 128 cm³/mol. The third kappa shape index (κ3) is 5.41. The fraction of sp³-hybridized carbons (Fsp3) is 0.125. The molecule has 3 aromatic rings. The summed E-state index contributed by atoms with van der Waals surface area (Å²) >= 11 is 0. The average Bonchev–Trinajstić information content (AvgIpc) is 2.86. The Labute approximate surface area is 201 Å². The van der Waals surface area contributed by atoms with Gasteiger partial charge in [-0.1, -0.05) is 18.2 Å². The van der Waals surface area contributed by atoms with Crippen molar-refractivity contribution in [2.45, 2.75) is 4.90 Å². The Balaban J connectivity index is 1.43. The van der Waals surface area contributed by atoms with Crippen molar-refractivity contribution in [3.63, 3.8) is 0 Å². The standard InChI is InChI=1S/C24H21N3O7S/c1-33-18-11-9-17(10-12-18)26-35(31,32)19-6-4-5-16(13-19)24(30)34-15-23(29)27-14-22(28)25-20-7-2-3-8-21(20)27/h2-13,26H,14-15H2,1H3,(H,25,28). The summed E-state index contributed by atoms with van der Waals surface area (Å²) < 4.78 is 38.1. The molecule has 0 aliphatic carbocycles. The average molecular weight is 496 g/mol. The van der Waals surface area contributed by atoms with Crippen LogP contribution in [0.2, 0.25) is 0 Å². The van der Waals surface area contributed by atoms with Crippen LogP contribution in [0.5, 0.6) is 5.75 Å². The number of esters is 1. The van der Waals surface area contributed by atoms with Crippen LogP contribution >= 0.6 is 0 Å². The van der Waals surface area contributed by atoms with Gasteiger partial charge < -0.3 is 14.8 Å². The van der Waals surface area contributed by atoms with Crippen LogP contribution in [0.4, 0.5) is 17.1 Å². The number of nitrogens with zero attached hydrogens (tertiary/aromatic N) is 1. The molecule has 2 amide bonds. The van der Waals surface area contributed by atoms with Crippen LogP contribution in [-0.4, -0.2) is 46.5 Å². The first kappa shape index (κ1) is 23.8. The molecule has 0 spiro atoms. The van der Waals surface area contributed by atoms with Crippen LogP contribution in [0, 0.1) is 0 Å². The Kier molecular flexibility index (Phi) is 6.69. The first-order valence-corrected chi connectivity index (χ1v) is 11.9. The molecule has 11 heteroatoms. The highest BCUT2D eigenvalue weighted by Crippen LogP contribution is 2.29. The van der Waals surface area contributed by atoms with Crippen molar-refractivity contribution in [3.8, 4) is 5.75 Å². The summed E-state index contributed by atoms with van der Waals surface area (Å²) in [6.45, 7) is -0.834. The second-order valence-electron chi connectivity index (χ2n) is 7.48. The van der Waals surface area contributed by atoms with E-state index < -0.39 is 28.5 Å². The molecular weight excluding hydrogens is 474 g/mol. The molecule has 4 rings (SSSR count). The van der Waals surface area contributed by atoms with Crippen molar-refractivity contribution in [3.05, 3.63) is 78.4 Å². The number of sulfonamides is 1. The minimum atomic E-state index is -4.00. The molecule has 0 radical (unpaired) electrons. The molecule has 0 fully saturated rings. The van der Waals surface area contributed by atoms with Gasteiger partial charge >= 0.3 is 5.97 Å². The molecule has 1 heterocycles. The zero-order valence-electron chi connectivity index (χ0n) is 18.6. The molecule has 0 unspecified atom stereocenters. The van der Waals surface area contributed by atoms with E-state index in [1.54, 1.807) is 48.5 Å². The highest BCUT2D eigenvalue weighted by atomic mass is 32.2. The van der Waals surface area contributed by atoms with Crippen LogP contribution in [0.25, 0.3) is 0 Å². The Morgan fingerprint density at radius 3 is 2.51 bits per heavy atom. The molecule has 0 aromatic heterocycles. The number of anilines is 3. The summed E-state index contributed by atoms with van der Waals surface area (Å²) in [7, 11) is -2.50. The van der Waals surface area contributed by atoms with Gasteiger partial charge in [-0.15, -0.1) is 0 Å². The molecule has 10 nitrogen and oxygen atoms in total. The summed E-state index contributed by atoms with van der Waals surface area (Å²) in [6, 6.07) is 18.3. The van der Waals surface area contributed by atoms with Gasteiger partial charge in [0.2, 0.25) is 5.91 Å². The van der Waals surface area contributed by atoms with E-state index in [0.29, 0.717) is 22.8 Å². The molecule has 2 N–H and O–H groups in total. The largest absolute Gasteiger partial charge is 0.497 e. The first-order valence-electron chi connectivity index (χ1n) is 10.4. The van der Waals surface area contributed by atoms with E-state index in [1.807, 2.05) is 0 Å². The SMILES string of the molecule is COc1ccc(NS(=O)(=O)c2cccc(C(=O)OCC(=O)N3CC(=O)Nc4ccccc43)c2)cc1. The second kappa shape index (κ2) is 9.85. The van der Waals surface area contributed by atoms with E-state index in [4.69, 9.17) is 9.47 Å². The summed E-state index contributed by atoms with van der Waals surface area (Å²) in [6.07, 6.45) is 0. The lowest BCUT2D eigenvalue weighted by molar-refractivity contribution is -0.124. The van der Waals surface area contributed by atoms with Crippen molar-refractivity contribution < 1.29 is 32.3 Å². The predicted octanol–water partition coefficient (Wildman–Crippen LogP) is 2.64. The number of carbonyl (C=O) groups excluding carboxylic acids is 3. The smallest absolute Gasteiger partial charge is 0.338 e. The number of methoxy groups -OCH3 is 1. The van der Waals surface area contributed by atoms with Crippen LogP contribution in [0.1, 0.15) is 10.4 Å². The molecule has 1 aliphatic heterocycles. The van der Waals surface area contributed by atoms with E-state index in [9.17, 15) is 22.8 Å². The van der Waals surface area contributed by atoms with Crippen LogP contribution in [0.3, 0.4) is 0 Å². The van der Waals surface area contributed by atoms with Crippen LogP contribution in [0.15, 0.2) is 77.7 Å². The quantitative estimate of drug-likeness (QED) is 0.482. The van der Waals surface area contributed by atoms with Gasteiger partial charge in [-0.2, -0.15) is 0 Å². The lowest BCUT2D eigenvalue weighted by Crippen LogP contribution is -2.44. The zero-order valence-corrected chi connectivity index (χ0v) is 19.4. The van der Waals surface area contributed by atoms with E-state index in [-0.39, 0.29) is 22.9 Å². The molecule has 3 aromatic carbocycles. The number of para-hydroxylation sites is 2. The van der Waals surface area contributed by atoms with Crippen molar-refractivity contribution in [1.29, 1.82) is 0 Å². The van der Waals surface area contributed by atoms with Crippen molar-refractivity contribution in [1.82, 2.24) is 0 Å². The number of amides is 2. The van der Waals surface area contributed by atoms with Gasteiger partial charge in [0, 0.05) is 5.69 Å². The maximum absolute atomic E-state index is 12.8. The molecular formula is C24H21N3O7S. The summed E-state index contributed by atoms with van der Waals surface area (Å²) in [5.74, 6) is -1.27. The van der Waals surface area contributed by atoms with Gasteiger partial charge in [0.25, 0.3) is 15.9 Å². The monoisotopic (exact) mass is 495 g/mol. The molecule has 0 atom stereocenters. The van der Waals surface area contributed by atoms with Gasteiger partial charge in [0.1, 0.15) is 12.3 Å². The van der Waals surface area contributed by atoms with Crippen LogP contribution in [-0.2, 0) is 24.3 Å². The minimum absolute atomic E-state index is 0.0489. The number of rotatable bonds is 7. The number of benzene rings is 3. The Hall–Kier alpha value is -4.38. The van der Waals surface area contributed by atoms with Gasteiger partial charge in [-0.25, -0.2) is 13.2 Å². The van der Waals surface area contributed by atoms with Crippen molar-refractivity contribution in [2.75, 3.05) is 35.2 Å². The lowest BCUT2D eigenvalue weighted by Gasteiger charge is -2.28. The molecule has 0 bridgehead atoms. The van der Waals surface area contributed by atoms with Crippen LogP contribution < -0.4 is 19.7 Å². The van der Waals surface area contributed by atoms with Crippen molar-refractivity contribution >= 4 is 44.9 Å². The second-order valence-corrected chi connectivity index (χ2v) is 9.17. The number of ether oxygens (including phenoxy) is 2. The fourth-order valence-electron chi connectivity index (χ4n) is 3.41. The topological polar surface area (TPSA) is 131 Å². The molecule has 35 heavy (non-hydrogen) atoms. The number of hydrogen-bond donors (Lipinski definition) is 2. The first-order chi connectivity index (χ1) is 16.8. The summed E-state index contributed by atoms with van der Waals surface area (Å²) in [5, 5.41) is 2.67. The minimum Gasteiger partial charge on any atom is -0.497 e. The summed E-state index contributed by atoms with van der Waals surface area (Å²) in [5.41, 5.74) is 1.24. The molecule has 180 valence electrons. The third-order valence-corrected chi connectivity index (χ3v) is 6.50. The van der Waals surface area contributed by atoms with E-state index in [1.165, 1.54) is 30.2 Å². The highest BCUT2D eigenvalue weighted by molar-refractivity contribution is 7.92. The van der Waals surface area contributed by atoms with Gasteiger partial charge in [0.05, 0.1) is 28.9 Å². The van der Waals surface area contributed by atoms with E-state index in [0.717, 1.165) is 6.07 Å². The number of nitrogens with one attached hydrogen (secondary N) is 2. The summed E-state index contributed by atoms with van der Waals surface area (Å²) in [4.78, 5) is 38.2. The maximum Gasteiger partial charge on any atom is 0.338 e. The van der Waals surface area contributed by atoms with E-state index >= 15 is 0 Å². The fourth-order valence-corrected chi connectivity index (χ4v) is 4.51. The Morgan fingerprint density at radius 1 is 1.03 bits per heavy atom. The van der Waals surface area contributed by atoms with Gasteiger partial charge in [0.15, 0.2) is 6.61 Å².